The second kappa shape index (κ2) is 12.4. The van der Waals surface area contributed by atoms with E-state index in [2.05, 4.69) is 33.7 Å². The van der Waals surface area contributed by atoms with Gasteiger partial charge in [0.05, 0.1) is 28.8 Å². The molecule has 1 N–H and O–H groups in total. The number of amides is 1. The van der Waals surface area contributed by atoms with Crippen LogP contribution in [0, 0.1) is 0 Å². The SMILES string of the molecule is CCOc1ccc(C2=C(C=NNC(=O)CSc3nc4ccccc4s3)[C@@H](c3ccccc3)c3ccccc3O2)cc1. The maximum Gasteiger partial charge on any atom is 0.250 e. The molecule has 0 saturated heterocycles. The van der Waals surface area contributed by atoms with E-state index in [0.717, 1.165) is 48.3 Å². The zero-order valence-electron chi connectivity index (χ0n) is 22.3. The van der Waals surface area contributed by atoms with Crippen molar-refractivity contribution in [2.45, 2.75) is 17.2 Å². The number of aromatic nitrogens is 1. The Morgan fingerprint density at radius 2 is 1.76 bits per heavy atom. The van der Waals surface area contributed by atoms with Gasteiger partial charge in [-0.05, 0) is 55.0 Å². The number of para-hydroxylation sites is 2. The first kappa shape index (κ1) is 26.8. The first-order chi connectivity index (χ1) is 20.2. The number of nitrogens with one attached hydrogen (secondary N) is 1. The number of carbonyl (C=O) groups is 1. The van der Waals surface area contributed by atoms with E-state index in [0.29, 0.717) is 12.4 Å². The molecular weight excluding hydrogens is 551 g/mol. The van der Waals surface area contributed by atoms with Crippen LogP contribution in [0.4, 0.5) is 0 Å². The van der Waals surface area contributed by atoms with Crippen LogP contribution in [0.15, 0.2) is 118 Å². The maximum atomic E-state index is 12.7. The van der Waals surface area contributed by atoms with Gasteiger partial charge in [0.15, 0.2) is 4.34 Å². The van der Waals surface area contributed by atoms with Crippen LogP contribution in [0.3, 0.4) is 0 Å². The molecule has 0 bridgehead atoms. The molecule has 2 heterocycles. The van der Waals surface area contributed by atoms with Gasteiger partial charge >= 0.3 is 0 Å². The Kier molecular flexibility index (Phi) is 8.11. The molecule has 0 radical (unpaired) electrons. The molecule has 204 valence electrons. The number of hydrogen-bond donors (Lipinski definition) is 1. The van der Waals surface area contributed by atoms with E-state index in [9.17, 15) is 4.79 Å². The van der Waals surface area contributed by atoms with Crippen LogP contribution in [-0.4, -0.2) is 29.5 Å². The van der Waals surface area contributed by atoms with Crippen molar-refractivity contribution in [3.8, 4) is 11.5 Å². The number of ether oxygens (including phenoxy) is 2. The summed E-state index contributed by atoms with van der Waals surface area (Å²) in [5.74, 6) is 2.13. The minimum atomic E-state index is -0.206. The molecule has 0 fully saturated rings. The second-order valence-corrected chi connectivity index (χ2v) is 11.5. The normalized spacial score (nSPS) is 14.6. The minimum Gasteiger partial charge on any atom is -0.494 e. The number of benzene rings is 4. The fraction of sp³-hybridized carbons (Fsp3) is 0.121. The van der Waals surface area contributed by atoms with Crippen molar-refractivity contribution >= 4 is 51.2 Å². The molecule has 1 amide bonds. The lowest BCUT2D eigenvalue weighted by molar-refractivity contribution is -0.118. The molecule has 1 atom stereocenters. The lowest BCUT2D eigenvalue weighted by Crippen LogP contribution is -2.22. The van der Waals surface area contributed by atoms with E-state index >= 15 is 0 Å². The summed E-state index contributed by atoms with van der Waals surface area (Å²) in [4.78, 5) is 17.3. The molecule has 6 nitrogen and oxygen atoms in total. The molecule has 1 aliphatic rings. The number of thiazole rings is 1. The van der Waals surface area contributed by atoms with E-state index in [1.165, 1.54) is 11.8 Å². The molecule has 4 aromatic carbocycles. The Hall–Kier alpha value is -4.40. The molecule has 0 aliphatic carbocycles. The number of carbonyl (C=O) groups excluding carboxylic acids is 1. The zero-order valence-corrected chi connectivity index (χ0v) is 24.0. The largest absolute Gasteiger partial charge is 0.494 e. The molecule has 0 spiro atoms. The van der Waals surface area contributed by atoms with Crippen LogP contribution < -0.4 is 14.9 Å². The summed E-state index contributed by atoms with van der Waals surface area (Å²) in [5, 5.41) is 4.40. The molecule has 8 heteroatoms. The minimum absolute atomic E-state index is 0.138. The van der Waals surface area contributed by atoms with Gasteiger partial charge in [-0.3, -0.25) is 4.79 Å². The third kappa shape index (κ3) is 6.04. The Morgan fingerprint density at radius 3 is 2.56 bits per heavy atom. The standard InChI is InChI=1S/C33H27N3O3S2/c1-2-38-24-18-16-23(17-19-24)32-26(31(22-10-4-3-5-11-22)25-12-6-8-14-28(25)39-32)20-34-36-30(37)21-40-33-35-27-13-7-9-15-29(27)41-33/h3-20,31H,2,21H2,1H3,(H,36,37)/t31-/m0/s1. The van der Waals surface area contributed by atoms with Gasteiger partial charge < -0.3 is 9.47 Å². The van der Waals surface area contributed by atoms with Crippen LogP contribution in [-0.2, 0) is 4.79 Å². The molecule has 0 unspecified atom stereocenters. The summed E-state index contributed by atoms with van der Waals surface area (Å²) >= 11 is 2.98. The Labute approximate surface area is 246 Å². The number of hydrazone groups is 1. The highest BCUT2D eigenvalue weighted by Gasteiger charge is 2.31. The number of nitrogens with zero attached hydrogens (tertiary/aromatic N) is 2. The molecule has 1 aromatic heterocycles. The molecule has 0 saturated carbocycles. The van der Waals surface area contributed by atoms with Crippen LogP contribution in [0.5, 0.6) is 11.5 Å². The van der Waals surface area contributed by atoms with Crippen molar-refractivity contribution in [1.82, 2.24) is 10.4 Å². The van der Waals surface area contributed by atoms with E-state index < -0.39 is 0 Å². The summed E-state index contributed by atoms with van der Waals surface area (Å²) in [6.45, 7) is 2.55. The van der Waals surface area contributed by atoms with Crippen molar-refractivity contribution in [1.29, 1.82) is 0 Å². The van der Waals surface area contributed by atoms with Crippen molar-refractivity contribution in [2.75, 3.05) is 12.4 Å². The quantitative estimate of drug-likeness (QED) is 0.111. The Bertz CT molecular complexity index is 1700. The first-order valence-electron chi connectivity index (χ1n) is 13.3. The zero-order chi connectivity index (χ0) is 28.0. The van der Waals surface area contributed by atoms with Crippen LogP contribution in [0.1, 0.15) is 29.5 Å². The van der Waals surface area contributed by atoms with Gasteiger partial charge in [-0.2, -0.15) is 5.10 Å². The molecule has 41 heavy (non-hydrogen) atoms. The number of hydrogen-bond acceptors (Lipinski definition) is 7. The van der Waals surface area contributed by atoms with Gasteiger partial charge in [-0.1, -0.05) is 72.4 Å². The van der Waals surface area contributed by atoms with E-state index in [4.69, 9.17) is 9.47 Å². The van der Waals surface area contributed by atoms with Crippen molar-refractivity contribution < 1.29 is 14.3 Å². The topological polar surface area (TPSA) is 72.8 Å². The summed E-state index contributed by atoms with van der Waals surface area (Å²) < 4.78 is 14.1. The van der Waals surface area contributed by atoms with Gasteiger partial charge in [0.1, 0.15) is 17.3 Å². The Balaban J connectivity index is 1.29. The lowest BCUT2D eigenvalue weighted by Gasteiger charge is -2.30. The first-order valence-corrected chi connectivity index (χ1v) is 15.1. The molecular formula is C33H27N3O3S2. The summed E-state index contributed by atoms with van der Waals surface area (Å²) in [6.07, 6.45) is 1.71. The van der Waals surface area contributed by atoms with Crippen LogP contribution >= 0.6 is 23.1 Å². The summed E-state index contributed by atoms with van der Waals surface area (Å²) in [5.41, 5.74) is 7.52. The third-order valence-corrected chi connectivity index (χ3v) is 8.75. The van der Waals surface area contributed by atoms with Crippen molar-refractivity contribution in [2.24, 2.45) is 5.10 Å². The van der Waals surface area contributed by atoms with Gasteiger partial charge in [0.25, 0.3) is 5.91 Å². The van der Waals surface area contributed by atoms with Crippen LogP contribution in [0.25, 0.3) is 16.0 Å². The van der Waals surface area contributed by atoms with Gasteiger partial charge in [-0.15, -0.1) is 11.3 Å². The van der Waals surface area contributed by atoms with Gasteiger partial charge in [0.2, 0.25) is 0 Å². The third-order valence-electron chi connectivity index (χ3n) is 6.57. The molecule has 1 aliphatic heterocycles. The van der Waals surface area contributed by atoms with Gasteiger partial charge in [-0.25, -0.2) is 10.4 Å². The second-order valence-electron chi connectivity index (χ2n) is 9.25. The van der Waals surface area contributed by atoms with Crippen molar-refractivity contribution in [3.63, 3.8) is 0 Å². The number of rotatable bonds is 9. The predicted molar refractivity (Wildman–Crippen MR) is 167 cm³/mol. The summed E-state index contributed by atoms with van der Waals surface area (Å²) in [6, 6.07) is 34.1. The number of thioether (sulfide) groups is 1. The van der Waals surface area contributed by atoms with E-state index in [1.807, 2.05) is 91.9 Å². The van der Waals surface area contributed by atoms with Gasteiger partial charge in [0, 0.05) is 22.6 Å². The fourth-order valence-electron chi connectivity index (χ4n) is 4.76. The highest BCUT2D eigenvalue weighted by Crippen LogP contribution is 2.45. The van der Waals surface area contributed by atoms with E-state index in [-0.39, 0.29) is 17.6 Å². The van der Waals surface area contributed by atoms with E-state index in [1.54, 1.807) is 17.6 Å². The predicted octanol–water partition coefficient (Wildman–Crippen LogP) is 7.52. The Morgan fingerprint density at radius 1 is 1.00 bits per heavy atom. The highest BCUT2D eigenvalue weighted by atomic mass is 32.2. The molecule has 5 aromatic rings. The van der Waals surface area contributed by atoms with Crippen LogP contribution in [0.2, 0.25) is 0 Å². The smallest absolute Gasteiger partial charge is 0.250 e. The summed E-state index contributed by atoms with van der Waals surface area (Å²) in [7, 11) is 0. The fourth-order valence-corrected chi connectivity index (χ4v) is 6.62. The maximum absolute atomic E-state index is 12.7. The lowest BCUT2D eigenvalue weighted by atomic mass is 9.81. The average Bonchev–Trinajstić information content (AvgIpc) is 3.44. The number of allylic oxidation sites excluding steroid dienone is 1. The van der Waals surface area contributed by atoms with Crippen molar-refractivity contribution in [3.05, 3.63) is 125 Å². The highest BCUT2D eigenvalue weighted by molar-refractivity contribution is 8.01. The number of fused-ring (bicyclic) bond motifs is 2. The monoisotopic (exact) mass is 577 g/mol. The average molecular weight is 578 g/mol. The molecule has 6 rings (SSSR count).